The van der Waals surface area contributed by atoms with Gasteiger partial charge >= 0.3 is 0 Å². The monoisotopic (exact) mass is 553 g/mol. The first-order valence-electron chi connectivity index (χ1n) is 12.6. The van der Waals surface area contributed by atoms with E-state index in [4.69, 9.17) is 4.74 Å². The molecule has 1 saturated carbocycles. The van der Waals surface area contributed by atoms with Crippen LogP contribution in [-0.2, 0) is 16.1 Å². The fourth-order valence-electron chi connectivity index (χ4n) is 5.91. The standard InChI is InChI=1S/C26H28BrN5O4/c27-17-10-28-24(29-11-17)16-12-31(13-16)20-3-1-2-4-22(20)36-18-5-6-19-15(9-18)14-32(26(19)35)21-7-8-23(33)30-25(21)34/h5-6,9-11,16,20-22H,1-4,7-8,12-14H2,(H,30,33,34)/t20?,21?,22-/m1/s1. The maximum absolute atomic E-state index is 13.0. The third-order valence-corrected chi connectivity index (χ3v) is 8.24. The molecule has 2 unspecified atom stereocenters. The first-order chi connectivity index (χ1) is 17.5. The van der Waals surface area contributed by atoms with Crippen molar-refractivity contribution in [1.29, 1.82) is 0 Å². The van der Waals surface area contributed by atoms with E-state index in [9.17, 15) is 14.4 Å². The Morgan fingerprint density at radius 1 is 1.03 bits per heavy atom. The highest BCUT2D eigenvalue weighted by Gasteiger charge is 2.41. The molecule has 9 nitrogen and oxygen atoms in total. The number of halogens is 1. The van der Waals surface area contributed by atoms with Crippen molar-refractivity contribution in [2.45, 2.75) is 69.2 Å². The molecule has 3 fully saturated rings. The van der Waals surface area contributed by atoms with Gasteiger partial charge in [0.2, 0.25) is 11.8 Å². The zero-order valence-corrected chi connectivity index (χ0v) is 21.4. The van der Waals surface area contributed by atoms with Crippen molar-refractivity contribution in [1.82, 2.24) is 25.1 Å². The molecule has 36 heavy (non-hydrogen) atoms. The zero-order chi connectivity index (χ0) is 24.8. The molecule has 3 atom stereocenters. The van der Waals surface area contributed by atoms with Gasteiger partial charge in [-0.1, -0.05) is 6.42 Å². The predicted octanol–water partition coefficient (Wildman–Crippen LogP) is 2.79. The molecule has 0 bridgehead atoms. The molecule has 3 amide bonds. The fourth-order valence-corrected chi connectivity index (χ4v) is 6.12. The van der Waals surface area contributed by atoms with Crippen LogP contribution in [0.1, 0.15) is 66.2 Å². The number of nitrogens with zero attached hydrogens (tertiary/aromatic N) is 4. The second kappa shape index (κ2) is 9.55. The molecular formula is C26H28BrN5O4. The summed E-state index contributed by atoms with van der Waals surface area (Å²) in [7, 11) is 0. The topological polar surface area (TPSA) is 105 Å². The third kappa shape index (κ3) is 4.41. The van der Waals surface area contributed by atoms with Crippen LogP contribution in [0.5, 0.6) is 5.75 Å². The lowest BCUT2D eigenvalue weighted by molar-refractivity contribution is -0.136. The first kappa shape index (κ1) is 23.5. The molecule has 10 heteroatoms. The van der Waals surface area contributed by atoms with Gasteiger partial charge < -0.3 is 9.64 Å². The highest BCUT2D eigenvalue weighted by Crippen LogP contribution is 2.36. The maximum atomic E-state index is 13.0. The van der Waals surface area contributed by atoms with E-state index in [1.165, 1.54) is 6.42 Å². The normalized spacial score (nSPS) is 27.0. The fraction of sp³-hybridized carbons (Fsp3) is 0.500. The second-order valence-electron chi connectivity index (χ2n) is 10.1. The highest BCUT2D eigenvalue weighted by molar-refractivity contribution is 9.10. The highest BCUT2D eigenvalue weighted by atomic mass is 79.9. The molecule has 0 radical (unpaired) electrons. The van der Waals surface area contributed by atoms with Crippen LogP contribution in [0, 0.1) is 0 Å². The average molecular weight is 554 g/mol. The number of rotatable bonds is 5. The summed E-state index contributed by atoms with van der Waals surface area (Å²) in [4.78, 5) is 49.8. The van der Waals surface area contributed by atoms with Gasteiger partial charge in [-0.05, 0) is 65.4 Å². The van der Waals surface area contributed by atoms with E-state index in [0.717, 1.165) is 54.0 Å². The van der Waals surface area contributed by atoms with Crippen LogP contribution in [-0.4, -0.2) is 68.8 Å². The van der Waals surface area contributed by atoms with Gasteiger partial charge in [-0.2, -0.15) is 0 Å². The van der Waals surface area contributed by atoms with Gasteiger partial charge in [0.15, 0.2) is 0 Å². The molecule has 1 N–H and O–H groups in total. The number of benzene rings is 1. The van der Waals surface area contributed by atoms with Crippen molar-refractivity contribution in [2.75, 3.05) is 13.1 Å². The Labute approximate surface area is 217 Å². The van der Waals surface area contributed by atoms with Crippen molar-refractivity contribution < 1.29 is 19.1 Å². The van der Waals surface area contributed by atoms with Crippen molar-refractivity contribution in [2.24, 2.45) is 0 Å². The second-order valence-corrected chi connectivity index (χ2v) is 11.1. The van der Waals surface area contributed by atoms with E-state index >= 15 is 0 Å². The largest absolute Gasteiger partial charge is 0.489 e. The number of carbonyl (C=O) groups excluding carboxylic acids is 3. The Morgan fingerprint density at radius 3 is 2.58 bits per heavy atom. The molecule has 3 aliphatic heterocycles. The number of imide groups is 1. The van der Waals surface area contributed by atoms with Crippen LogP contribution >= 0.6 is 15.9 Å². The molecule has 188 valence electrons. The van der Waals surface area contributed by atoms with Gasteiger partial charge in [0, 0.05) is 56.0 Å². The number of fused-ring (bicyclic) bond motifs is 1. The molecule has 1 aliphatic carbocycles. The Morgan fingerprint density at radius 2 is 1.81 bits per heavy atom. The molecule has 6 rings (SSSR count). The molecule has 1 aromatic carbocycles. The Balaban J connectivity index is 1.11. The van der Waals surface area contributed by atoms with Crippen LogP contribution in [0.15, 0.2) is 35.1 Å². The quantitative estimate of drug-likeness (QED) is 0.567. The number of nitrogens with one attached hydrogen (secondary N) is 1. The van der Waals surface area contributed by atoms with Gasteiger partial charge in [0.05, 0.1) is 4.47 Å². The van der Waals surface area contributed by atoms with Crippen LogP contribution in [0.4, 0.5) is 0 Å². The average Bonchev–Trinajstić information content (AvgIpc) is 3.16. The number of hydrogen-bond acceptors (Lipinski definition) is 7. The number of likely N-dealkylation sites (tertiary alicyclic amines) is 1. The van der Waals surface area contributed by atoms with Crippen molar-refractivity contribution in [3.8, 4) is 5.75 Å². The molecule has 4 aliphatic rings. The predicted molar refractivity (Wildman–Crippen MR) is 133 cm³/mol. The van der Waals surface area contributed by atoms with Crippen LogP contribution in [0.3, 0.4) is 0 Å². The molecule has 1 aromatic heterocycles. The zero-order valence-electron chi connectivity index (χ0n) is 19.9. The molecule has 2 aromatic rings. The SMILES string of the molecule is O=C1CCC(N2Cc3cc(O[C@@H]4CCCCC4N4CC(c5ncc(Br)cn5)C4)ccc3C2=O)C(=O)N1. The van der Waals surface area contributed by atoms with Crippen molar-refractivity contribution in [3.05, 3.63) is 52.0 Å². The minimum Gasteiger partial charge on any atom is -0.489 e. The van der Waals surface area contributed by atoms with Gasteiger partial charge in [0.1, 0.15) is 23.7 Å². The van der Waals surface area contributed by atoms with E-state index in [2.05, 4.69) is 36.1 Å². The summed E-state index contributed by atoms with van der Waals surface area (Å²) in [6.07, 6.45) is 8.74. The lowest BCUT2D eigenvalue weighted by Crippen LogP contribution is -2.57. The van der Waals surface area contributed by atoms with Gasteiger partial charge in [-0.3, -0.25) is 24.6 Å². The van der Waals surface area contributed by atoms with Gasteiger partial charge in [-0.15, -0.1) is 0 Å². The van der Waals surface area contributed by atoms with Crippen LogP contribution < -0.4 is 10.1 Å². The number of piperidine rings is 1. The van der Waals surface area contributed by atoms with E-state index in [0.29, 0.717) is 30.5 Å². The molecular weight excluding hydrogens is 526 g/mol. The molecule has 2 saturated heterocycles. The number of ether oxygens (including phenoxy) is 1. The van der Waals surface area contributed by atoms with Crippen molar-refractivity contribution in [3.63, 3.8) is 0 Å². The summed E-state index contributed by atoms with van der Waals surface area (Å²) < 4.78 is 7.41. The minimum absolute atomic E-state index is 0.0897. The van der Waals surface area contributed by atoms with Gasteiger partial charge in [0.25, 0.3) is 5.91 Å². The van der Waals surface area contributed by atoms with E-state index in [1.54, 1.807) is 23.4 Å². The number of carbonyl (C=O) groups is 3. The first-order valence-corrected chi connectivity index (χ1v) is 13.4. The maximum Gasteiger partial charge on any atom is 0.255 e. The van der Waals surface area contributed by atoms with Crippen molar-refractivity contribution >= 4 is 33.7 Å². The van der Waals surface area contributed by atoms with E-state index in [-0.39, 0.29) is 24.3 Å². The lowest BCUT2D eigenvalue weighted by Gasteiger charge is -2.47. The summed E-state index contributed by atoms with van der Waals surface area (Å²) in [5.74, 6) is 1.17. The number of amides is 3. The summed E-state index contributed by atoms with van der Waals surface area (Å²) in [6, 6.07) is 5.36. The van der Waals surface area contributed by atoms with E-state index < -0.39 is 11.9 Å². The Kier molecular flexibility index (Phi) is 6.25. The Hall–Kier alpha value is -2.85. The van der Waals surface area contributed by atoms with Crippen LogP contribution in [0.2, 0.25) is 0 Å². The summed E-state index contributed by atoms with van der Waals surface area (Å²) in [5.41, 5.74) is 1.47. The Bertz CT molecular complexity index is 1200. The minimum atomic E-state index is -0.608. The van der Waals surface area contributed by atoms with E-state index in [1.807, 2.05) is 12.1 Å². The summed E-state index contributed by atoms with van der Waals surface area (Å²) >= 11 is 3.40. The van der Waals surface area contributed by atoms with Gasteiger partial charge in [-0.25, -0.2) is 9.97 Å². The lowest BCUT2D eigenvalue weighted by atomic mass is 9.86. The number of aromatic nitrogens is 2. The smallest absolute Gasteiger partial charge is 0.255 e. The molecule has 4 heterocycles. The number of hydrogen-bond donors (Lipinski definition) is 1. The molecule has 0 spiro atoms. The summed E-state index contributed by atoms with van der Waals surface area (Å²) in [5, 5.41) is 2.35. The third-order valence-electron chi connectivity index (χ3n) is 7.83. The van der Waals surface area contributed by atoms with Crippen LogP contribution in [0.25, 0.3) is 0 Å². The summed E-state index contributed by atoms with van der Waals surface area (Å²) in [6.45, 7) is 2.23.